The predicted molar refractivity (Wildman–Crippen MR) is 77.0 cm³/mol. The molecule has 1 aliphatic carbocycles. The van der Waals surface area contributed by atoms with Gasteiger partial charge in [-0.1, -0.05) is 6.07 Å². The van der Waals surface area contributed by atoms with Gasteiger partial charge in [-0.25, -0.2) is 0 Å². The summed E-state index contributed by atoms with van der Waals surface area (Å²) in [6.07, 6.45) is 3.54. The van der Waals surface area contributed by atoms with Crippen LogP contribution < -0.4 is 9.47 Å². The van der Waals surface area contributed by atoms with Crippen molar-refractivity contribution in [2.75, 3.05) is 20.4 Å². The summed E-state index contributed by atoms with van der Waals surface area (Å²) in [5, 5.41) is 0. The number of benzene rings is 1. The van der Waals surface area contributed by atoms with Crippen molar-refractivity contribution >= 4 is 0 Å². The highest BCUT2D eigenvalue weighted by atomic mass is 16.7. The zero-order valence-corrected chi connectivity index (χ0v) is 12.6. The smallest absolute Gasteiger partial charge is 0.231 e. The van der Waals surface area contributed by atoms with E-state index >= 15 is 0 Å². The molecular formula is C17H19NO4. The number of likely N-dealkylation sites (N-methyl/N-ethyl adjacent to an activating group) is 1. The number of hydrogen-bond acceptors (Lipinski definition) is 5. The molecule has 1 aromatic carbocycles. The van der Waals surface area contributed by atoms with Gasteiger partial charge < -0.3 is 23.8 Å². The maximum Gasteiger partial charge on any atom is 0.231 e. The second-order valence-corrected chi connectivity index (χ2v) is 7.19. The number of nitrogens with zero attached hydrogens (tertiary/aromatic N) is 1. The van der Waals surface area contributed by atoms with Gasteiger partial charge >= 0.3 is 0 Å². The van der Waals surface area contributed by atoms with Crippen LogP contribution in [0.3, 0.4) is 0 Å². The lowest BCUT2D eigenvalue weighted by molar-refractivity contribution is -0.0925. The maximum absolute atomic E-state index is 6.38. The summed E-state index contributed by atoms with van der Waals surface area (Å²) in [5.41, 5.74) is 2.53. The molecule has 4 aliphatic heterocycles. The van der Waals surface area contributed by atoms with E-state index in [0.717, 1.165) is 36.4 Å². The van der Waals surface area contributed by atoms with E-state index in [1.54, 1.807) is 0 Å². The second kappa shape index (κ2) is 3.78. The molecule has 2 bridgehead atoms. The normalized spacial score (nSPS) is 44.0. The van der Waals surface area contributed by atoms with E-state index in [1.807, 2.05) is 0 Å². The topological polar surface area (TPSA) is 40.2 Å². The molecular weight excluding hydrogens is 282 g/mol. The van der Waals surface area contributed by atoms with E-state index in [9.17, 15) is 0 Å². The van der Waals surface area contributed by atoms with Gasteiger partial charge in [-0.05, 0) is 44.5 Å². The number of fused-ring (bicyclic) bond motifs is 5. The molecule has 1 spiro atoms. The molecule has 3 fully saturated rings. The predicted octanol–water partition coefficient (Wildman–Crippen LogP) is 1.95. The summed E-state index contributed by atoms with van der Waals surface area (Å²) in [4.78, 5) is 2.51. The summed E-state index contributed by atoms with van der Waals surface area (Å²) in [7, 11) is 2.24. The quantitative estimate of drug-likeness (QED) is 0.732. The molecule has 0 aromatic heterocycles. The lowest BCUT2D eigenvalue weighted by Gasteiger charge is -2.48. The van der Waals surface area contributed by atoms with Crippen molar-refractivity contribution in [1.82, 2.24) is 4.90 Å². The van der Waals surface area contributed by atoms with Gasteiger partial charge in [0.25, 0.3) is 0 Å². The van der Waals surface area contributed by atoms with E-state index in [2.05, 4.69) is 24.1 Å². The van der Waals surface area contributed by atoms with Crippen LogP contribution in [-0.2, 0) is 14.9 Å². The third-order valence-electron chi connectivity index (χ3n) is 6.46. The van der Waals surface area contributed by atoms with Crippen molar-refractivity contribution in [1.29, 1.82) is 0 Å². The van der Waals surface area contributed by atoms with E-state index in [4.69, 9.17) is 18.9 Å². The first-order chi connectivity index (χ1) is 10.8. The fourth-order valence-electron chi connectivity index (χ4n) is 5.60. The van der Waals surface area contributed by atoms with E-state index in [0.29, 0.717) is 12.8 Å². The lowest BCUT2D eigenvalue weighted by Crippen LogP contribution is -2.57. The van der Waals surface area contributed by atoms with Gasteiger partial charge in [0, 0.05) is 11.5 Å². The summed E-state index contributed by atoms with van der Waals surface area (Å²) < 4.78 is 24.0. The van der Waals surface area contributed by atoms with Crippen LogP contribution in [0, 0.1) is 0 Å². The lowest BCUT2D eigenvalue weighted by atomic mass is 9.62. The van der Waals surface area contributed by atoms with Crippen LogP contribution in [0.25, 0.3) is 0 Å². The van der Waals surface area contributed by atoms with Gasteiger partial charge in [0.2, 0.25) is 6.79 Å². The third kappa shape index (κ3) is 1.17. The Hall–Kier alpha value is -1.30. The number of ether oxygens (including phenoxy) is 4. The zero-order chi connectivity index (χ0) is 14.5. The molecule has 5 atom stereocenters. The van der Waals surface area contributed by atoms with Gasteiger partial charge in [0.05, 0.1) is 17.8 Å². The van der Waals surface area contributed by atoms with Gasteiger partial charge in [-0.2, -0.15) is 0 Å². The Morgan fingerprint density at radius 1 is 1.18 bits per heavy atom. The summed E-state index contributed by atoms with van der Waals surface area (Å²) in [6, 6.07) is 4.85. The monoisotopic (exact) mass is 301 g/mol. The molecule has 22 heavy (non-hydrogen) atoms. The Balaban J connectivity index is 1.65. The Kier molecular flexibility index (Phi) is 2.09. The second-order valence-electron chi connectivity index (χ2n) is 7.19. The number of rotatable bonds is 0. The first-order valence-corrected chi connectivity index (χ1v) is 8.23. The molecule has 5 nitrogen and oxygen atoms in total. The molecule has 5 aliphatic rings. The Morgan fingerprint density at radius 2 is 2.14 bits per heavy atom. The van der Waals surface area contributed by atoms with Crippen LogP contribution >= 0.6 is 0 Å². The zero-order valence-electron chi connectivity index (χ0n) is 12.6. The highest BCUT2D eigenvalue weighted by Gasteiger charge is 2.65. The number of likely N-dealkylation sites (tertiary alicyclic amines) is 1. The van der Waals surface area contributed by atoms with Gasteiger partial charge in [0.15, 0.2) is 17.8 Å². The van der Waals surface area contributed by atoms with E-state index < -0.39 is 0 Å². The largest absolute Gasteiger partial charge is 0.454 e. The van der Waals surface area contributed by atoms with E-state index in [1.165, 1.54) is 12.0 Å². The van der Waals surface area contributed by atoms with Crippen molar-refractivity contribution in [2.24, 2.45) is 0 Å². The molecule has 0 unspecified atom stereocenters. The Morgan fingerprint density at radius 3 is 3.09 bits per heavy atom. The van der Waals surface area contributed by atoms with Crippen LogP contribution in [0.4, 0.5) is 0 Å². The molecule has 1 aromatic rings. The SMILES string of the molecule is CN1CC[C@@]23c4ccc5c(c4[C@H]4O[C@@H]2[C@@H](CC[C@@H]13)O4)OCO5. The van der Waals surface area contributed by atoms with Crippen LogP contribution in [0.15, 0.2) is 12.1 Å². The third-order valence-corrected chi connectivity index (χ3v) is 6.46. The van der Waals surface area contributed by atoms with Gasteiger partial charge in [-0.15, -0.1) is 0 Å². The minimum atomic E-state index is -0.281. The minimum absolute atomic E-state index is 0.0565. The van der Waals surface area contributed by atoms with Crippen LogP contribution in [0.1, 0.15) is 36.7 Å². The summed E-state index contributed by atoms with van der Waals surface area (Å²) >= 11 is 0. The van der Waals surface area contributed by atoms with Crippen LogP contribution in [0.5, 0.6) is 11.5 Å². The first-order valence-electron chi connectivity index (χ1n) is 8.23. The van der Waals surface area contributed by atoms with Crippen LogP contribution in [-0.4, -0.2) is 43.5 Å². The summed E-state index contributed by atoms with van der Waals surface area (Å²) in [5.74, 6) is 1.67. The summed E-state index contributed by atoms with van der Waals surface area (Å²) in [6.45, 7) is 1.41. The Labute approximate surface area is 129 Å². The van der Waals surface area contributed by atoms with E-state index in [-0.39, 0.29) is 23.9 Å². The maximum atomic E-state index is 6.38. The molecule has 6 rings (SSSR count). The van der Waals surface area contributed by atoms with Crippen molar-refractivity contribution in [2.45, 2.75) is 49.2 Å². The highest BCUT2D eigenvalue weighted by molar-refractivity contribution is 5.58. The molecule has 0 amide bonds. The minimum Gasteiger partial charge on any atom is -0.454 e. The standard InChI is InChI=1S/C17H19NO4/c1-18-7-6-17-9-2-3-10-14(20-8-19-10)13(9)16-21-11(15(17)22-16)4-5-12(17)18/h2-3,11-12,15-16H,4-8H2,1H3/t11-,12-,15-,16-,17+/m1/s1. The molecule has 5 heteroatoms. The average Bonchev–Trinajstić information content (AvgIpc) is 3.22. The Bertz CT molecular complexity index is 677. The van der Waals surface area contributed by atoms with Gasteiger partial charge in [-0.3, -0.25) is 0 Å². The van der Waals surface area contributed by atoms with Crippen molar-refractivity contribution in [3.05, 3.63) is 23.3 Å². The molecule has 0 radical (unpaired) electrons. The van der Waals surface area contributed by atoms with Gasteiger partial charge in [0.1, 0.15) is 0 Å². The number of hydrogen-bond donors (Lipinski definition) is 0. The molecule has 4 heterocycles. The van der Waals surface area contributed by atoms with Crippen molar-refractivity contribution < 1.29 is 18.9 Å². The fourth-order valence-corrected chi connectivity index (χ4v) is 5.60. The molecule has 1 saturated carbocycles. The van der Waals surface area contributed by atoms with Crippen molar-refractivity contribution in [3.8, 4) is 11.5 Å². The average molecular weight is 301 g/mol. The molecule has 2 saturated heterocycles. The van der Waals surface area contributed by atoms with Crippen LogP contribution in [0.2, 0.25) is 0 Å². The molecule has 116 valence electrons. The van der Waals surface area contributed by atoms with Crippen molar-refractivity contribution in [3.63, 3.8) is 0 Å². The fraction of sp³-hybridized carbons (Fsp3) is 0.647. The molecule has 0 N–H and O–H groups in total. The highest BCUT2D eigenvalue weighted by Crippen LogP contribution is 2.62. The first kappa shape index (κ1) is 12.2.